The second kappa shape index (κ2) is 14.4. The summed E-state index contributed by atoms with van der Waals surface area (Å²) in [5.41, 5.74) is 2.07. The molecule has 10 heteroatoms. The van der Waals surface area contributed by atoms with Gasteiger partial charge < -0.3 is 10.2 Å². The number of nitrogens with zero attached hydrogens (tertiary/aromatic N) is 2. The van der Waals surface area contributed by atoms with Gasteiger partial charge in [0.05, 0.1) is 17.0 Å². The highest BCUT2D eigenvalue weighted by Gasteiger charge is 2.30. The molecule has 3 aromatic carbocycles. The number of halogens is 2. The van der Waals surface area contributed by atoms with Crippen molar-refractivity contribution >= 4 is 50.7 Å². The van der Waals surface area contributed by atoms with Crippen molar-refractivity contribution in [2.75, 3.05) is 23.7 Å². The number of nitrogens with one attached hydrogen (secondary N) is 1. The molecule has 1 N–H and O–H groups in total. The molecule has 0 spiro atoms. The smallest absolute Gasteiger partial charge is 0.243 e. The topological polar surface area (TPSA) is 86.8 Å². The van der Waals surface area contributed by atoms with E-state index in [0.717, 1.165) is 21.7 Å². The van der Waals surface area contributed by atoms with Crippen LogP contribution >= 0.6 is 23.2 Å². The van der Waals surface area contributed by atoms with Crippen LogP contribution in [0, 0.1) is 0 Å². The Kier molecular flexibility index (Phi) is 11.2. The zero-order valence-electron chi connectivity index (χ0n) is 22.0. The number of rotatable bonds is 13. The van der Waals surface area contributed by atoms with E-state index >= 15 is 0 Å². The first-order valence-electron chi connectivity index (χ1n) is 12.7. The second-order valence-corrected chi connectivity index (χ2v) is 11.9. The Morgan fingerprint density at radius 2 is 1.54 bits per heavy atom. The van der Waals surface area contributed by atoms with E-state index in [1.807, 2.05) is 67.6 Å². The fourth-order valence-electron chi connectivity index (χ4n) is 4.29. The maximum absolute atomic E-state index is 13.7. The highest BCUT2D eigenvalue weighted by atomic mass is 35.5. The summed E-state index contributed by atoms with van der Waals surface area (Å²) >= 11 is 12.4. The monoisotopic (exact) mass is 589 g/mol. The number of likely N-dealkylation sites (N-methyl/N-ethyl adjacent to an activating group) is 1. The van der Waals surface area contributed by atoms with Gasteiger partial charge in [-0.3, -0.25) is 13.9 Å². The average Bonchev–Trinajstić information content (AvgIpc) is 2.90. The van der Waals surface area contributed by atoms with Crippen molar-refractivity contribution in [3.63, 3.8) is 0 Å². The van der Waals surface area contributed by atoms with Crippen LogP contribution in [-0.2, 0) is 32.6 Å². The first-order chi connectivity index (χ1) is 18.6. The SMILES string of the molecule is CCNC(=O)[C@@H](Cc1ccccc1)N(Cc1ccccc1)C(=O)CCCN(c1cc(Cl)ccc1Cl)S(C)(=O)=O. The van der Waals surface area contributed by atoms with Gasteiger partial charge in [0.25, 0.3) is 0 Å². The number of anilines is 1. The molecular weight excluding hydrogens is 557 g/mol. The first kappa shape index (κ1) is 30.5. The second-order valence-electron chi connectivity index (χ2n) is 9.14. The van der Waals surface area contributed by atoms with Crippen LogP contribution in [0.2, 0.25) is 10.0 Å². The van der Waals surface area contributed by atoms with Crippen LogP contribution in [0.5, 0.6) is 0 Å². The van der Waals surface area contributed by atoms with Crippen molar-refractivity contribution < 1.29 is 18.0 Å². The lowest BCUT2D eigenvalue weighted by molar-refractivity contribution is -0.141. The van der Waals surface area contributed by atoms with Gasteiger partial charge in [0.1, 0.15) is 6.04 Å². The number of carbonyl (C=O) groups is 2. The first-order valence-corrected chi connectivity index (χ1v) is 15.3. The molecule has 0 heterocycles. The van der Waals surface area contributed by atoms with E-state index in [1.165, 1.54) is 12.1 Å². The van der Waals surface area contributed by atoms with E-state index in [1.54, 1.807) is 11.0 Å². The molecule has 0 aliphatic carbocycles. The molecule has 0 saturated heterocycles. The summed E-state index contributed by atoms with van der Waals surface area (Å²) in [6.07, 6.45) is 1.67. The molecule has 0 saturated carbocycles. The lowest BCUT2D eigenvalue weighted by Gasteiger charge is -2.32. The van der Waals surface area contributed by atoms with Gasteiger partial charge in [0.2, 0.25) is 21.8 Å². The third-order valence-electron chi connectivity index (χ3n) is 6.15. The lowest BCUT2D eigenvalue weighted by atomic mass is 10.0. The molecule has 0 unspecified atom stereocenters. The maximum atomic E-state index is 13.7. The lowest BCUT2D eigenvalue weighted by Crippen LogP contribution is -2.50. The van der Waals surface area contributed by atoms with Gasteiger partial charge in [0, 0.05) is 37.5 Å². The van der Waals surface area contributed by atoms with Crippen molar-refractivity contribution in [2.45, 2.75) is 38.8 Å². The zero-order chi connectivity index (χ0) is 28.4. The Balaban J connectivity index is 1.86. The summed E-state index contributed by atoms with van der Waals surface area (Å²) in [6.45, 7) is 2.53. The highest BCUT2D eigenvalue weighted by molar-refractivity contribution is 7.92. The van der Waals surface area contributed by atoms with Crippen molar-refractivity contribution in [1.29, 1.82) is 0 Å². The summed E-state index contributed by atoms with van der Waals surface area (Å²) in [7, 11) is -3.70. The highest BCUT2D eigenvalue weighted by Crippen LogP contribution is 2.31. The Morgan fingerprint density at radius 3 is 2.13 bits per heavy atom. The minimum atomic E-state index is -3.70. The van der Waals surface area contributed by atoms with Gasteiger partial charge in [0.15, 0.2) is 0 Å². The van der Waals surface area contributed by atoms with E-state index in [2.05, 4.69) is 5.32 Å². The van der Waals surface area contributed by atoms with Gasteiger partial charge in [-0.25, -0.2) is 8.42 Å². The molecule has 0 aliphatic rings. The fraction of sp³-hybridized carbons (Fsp3) is 0.310. The summed E-state index contributed by atoms with van der Waals surface area (Å²) in [6, 6.07) is 22.9. The summed E-state index contributed by atoms with van der Waals surface area (Å²) in [4.78, 5) is 28.5. The molecule has 7 nitrogen and oxygen atoms in total. The molecule has 0 aliphatic heterocycles. The maximum Gasteiger partial charge on any atom is 0.243 e. The summed E-state index contributed by atoms with van der Waals surface area (Å²) < 4.78 is 26.3. The zero-order valence-corrected chi connectivity index (χ0v) is 24.3. The Morgan fingerprint density at radius 1 is 0.923 bits per heavy atom. The van der Waals surface area contributed by atoms with Crippen LogP contribution < -0.4 is 9.62 Å². The average molecular weight is 591 g/mol. The van der Waals surface area contributed by atoms with Crippen molar-refractivity contribution in [1.82, 2.24) is 10.2 Å². The van der Waals surface area contributed by atoms with Gasteiger partial charge in [-0.2, -0.15) is 0 Å². The molecule has 3 aromatic rings. The van der Waals surface area contributed by atoms with E-state index in [-0.39, 0.29) is 48.5 Å². The fourth-order valence-corrected chi connectivity index (χ4v) is 5.69. The van der Waals surface area contributed by atoms with Crippen molar-refractivity contribution in [2.24, 2.45) is 0 Å². The Labute approximate surface area is 240 Å². The quantitative estimate of drug-likeness (QED) is 0.292. The number of amides is 2. The predicted octanol–water partition coefficient (Wildman–Crippen LogP) is 5.32. The van der Waals surface area contributed by atoms with Crippen LogP contribution in [0.25, 0.3) is 0 Å². The van der Waals surface area contributed by atoms with Crippen LogP contribution in [0.3, 0.4) is 0 Å². The summed E-state index contributed by atoms with van der Waals surface area (Å²) in [5.74, 6) is -0.495. The van der Waals surface area contributed by atoms with Gasteiger partial charge >= 0.3 is 0 Å². The third-order valence-corrected chi connectivity index (χ3v) is 7.88. The van der Waals surface area contributed by atoms with Crippen molar-refractivity contribution in [3.05, 3.63) is 100 Å². The molecule has 1 atom stereocenters. The number of carbonyl (C=O) groups excluding carboxylic acids is 2. The largest absolute Gasteiger partial charge is 0.355 e. The molecule has 0 fully saturated rings. The van der Waals surface area contributed by atoms with Crippen LogP contribution in [-0.4, -0.2) is 50.5 Å². The molecular formula is C29H33Cl2N3O4S. The van der Waals surface area contributed by atoms with Gasteiger partial charge in [-0.1, -0.05) is 83.9 Å². The predicted molar refractivity (Wildman–Crippen MR) is 157 cm³/mol. The molecule has 39 heavy (non-hydrogen) atoms. The van der Waals surface area contributed by atoms with E-state index in [9.17, 15) is 18.0 Å². The number of hydrogen-bond acceptors (Lipinski definition) is 4. The molecule has 2 amide bonds. The van der Waals surface area contributed by atoms with Crippen LogP contribution in [0.1, 0.15) is 30.9 Å². The molecule has 3 rings (SSSR count). The summed E-state index contributed by atoms with van der Waals surface area (Å²) in [5, 5.41) is 3.45. The van der Waals surface area contributed by atoms with E-state index in [0.29, 0.717) is 18.0 Å². The van der Waals surface area contributed by atoms with E-state index < -0.39 is 16.1 Å². The minimum absolute atomic E-state index is 0.0221. The van der Waals surface area contributed by atoms with Crippen LogP contribution in [0.15, 0.2) is 78.9 Å². The standard InChI is InChI=1S/C29H33Cl2N3O4S/c1-3-32-29(36)27(19-22-11-6-4-7-12-22)33(21-23-13-8-5-9-14-23)28(35)15-10-18-34(39(2,37)38)26-20-24(30)16-17-25(26)31/h4-9,11-14,16-17,20,27H,3,10,15,18-19,21H2,1-2H3,(H,32,36)/t27-/m1/s1. The van der Waals surface area contributed by atoms with Gasteiger partial charge in [-0.05, 0) is 42.7 Å². The third kappa shape index (κ3) is 8.98. The molecule has 0 bridgehead atoms. The number of benzene rings is 3. The molecule has 0 radical (unpaired) electrons. The minimum Gasteiger partial charge on any atom is -0.355 e. The number of sulfonamides is 1. The van der Waals surface area contributed by atoms with E-state index in [4.69, 9.17) is 23.2 Å². The Bertz CT molecular complexity index is 1360. The Hall–Kier alpha value is -3.07. The molecule has 0 aromatic heterocycles. The van der Waals surface area contributed by atoms with Crippen LogP contribution in [0.4, 0.5) is 5.69 Å². The number of hydrogen-bond donors (Lipinski definition) is 1. The normalized spacial score (nSPS) is 12.0. The molecule has 208 valence electrons. The van der Waals surface area contributed by atoms with Crippen molar-refractivity contribution in [3.8, 4) is 0 Å². The van der Waals surface area contributed by atoms with Gasteiger partial charge in [-0.15, -0.1) is 0 Å².